The monoisotopic (exact) mass is 316 g/mol. The fourth-order valence-corrected chi connectivity index (χ4v) is 2.53. The van der Waals surface area contributed by atoms with Crippen LogP contribution in [0.15, 0.2) is 48.1 Å². The van der Waals surface area contributed by atoms with Crippen LogP contribution in [0, 0.1) is 0 Å². The molecule has 0 aromatic heterocycles. The molecule has 1 N–H and O–H groups in total. The molecule has 1 aliphatic carbocycles. The van der Waals surface area contributed by atoms with Gasteiger partial charge in [0.25, 0.3) is 0 Å². The number of allylic oxidation sites excluding steroid dienone is 2. The lowest BCUT2D eigenvalue weighted by Gasteiger charge is -2.34. The normalized spacial score (nSPS) is 23.4. The smallest absolute Gasteiger partial charge is 0.195 e. The van der Waals surface area contributed by atoms with E-state index in [1.54, 1.807) is 24.3 Å². The first kappa shape index (κ1) is 17.4. The summed E-state index contributed by atoms with van der Waals surface area (Å²) in [7, 11) is 0. The number of rotatable bonds is 6. The highest BCUT2D eigenvalue weighted by Crippen LogP contribution is 2.32. The molecule has 1 aromatic carbocycles. The molecule has 23 heavy (non-hydrogen) atoms. The Bertz CT molecular complexity index is 601. The maximum absolute atomic E-state index is 12.5. The number of ether oxygens (including phenoxy) is 2. The molecule has 0 saturated heterocycles. The van der Waals surface area contributed by atoms with Crippen molar-refractivity contribution in [2.45, 2.75) is 45.5 Å². The third-order valence-corrected chi connectivity index (χ3v) is 3.50. The number of hydrogen-bond donors (Lipinski definition) is 1. The van der Waals surface area contributed by atoms with E-state index in [1.165, 1.54) is 0 Å². The summed E-state index contributed by atoms with van der Waals surface area (Å²) in [5.74, 6) is -1.24. The summed E-state index contributed by atoms with van der Waals surface area (Å²) >= 11 is 0. The van der Waals surface area contributed by atoms with E-state index in [-0.39, 0.29) is 24.1 Å². The zero-order valence-electron chi connectivity index (χ0n) is 13.9. The summed E-state index contributed by atoms with van der Waals surface area (Å²) in [5, 5.41) is 10.4. The number of carbonyl (C=O) groups is 1. The van der Waals surface area contributed by atoms with E-state index in [9.17, 15) is 9.90 Å². The molecule has 1 atom stereocenters. The Morgan fingerprint density at radius 3 is 2.57 bits per heavy atom. The van der Waals surface area contributed by atoms with Gasteiger partial charge >= 0.3 is 0 Å². The van der Waals surface area contributed by atoms with Crippen molar-refractivity contribution in [1.82, 2.24) is 0 Å². The van der Waals surface area contributed by atoms with Crippen LogP contribution in [0.4, 0.5) is 0 Å². The molecule has 0 spiro atoms. The van der Waals surface area contributed by atoms with Crippen LogP contribution in [-0.4, -0.2) is 29.4 Å². The molecule has 1 unspecified atom stereocenters. The third kappa shape index (κ3) is 4.30. The molecular weight excluding hydrogens is 292 g/mol. The minimum absolute atomic E-state index is 0.0134. The van der Waals surface area contributed by atoms with Crippen LogP contribution in [0.1, 0.15) is 39.2 Å². The zero-order valence-corrected chi connectivity index (χ0v) is 13.9. The standard InChI is InChI=1S/C19H24O4/c1-4-12-22-19(23-14(2)3)11-10-16(17(20)13-19)18(21)15-8-6-5-7-9-15/h5-11,14,21H,4,12-13H2,1-3H3. The van der Waals surface area contributed by atoms with Gasteiger partial charge in [0.15, 0.2) is 11.6 Å². The SMILES string of the molecule is CCCOC1(OC(C)C)C=CC(=C(O)c2ccccc2)C(=O)C1. The van der Waals surface area contributed by atoms with E-state index in [0.29, 0.717) is 17.7 Å². The van der Waals surface area contributed by atoms with Crippen molar-refractivity contribution < 1.29 is 19.4 Å². The molecule has 124 valence electrons. The molecule has 1 aliphatic rings. The van der Waals surface area contributed by atoms with E-state index >= 15 is 0 Å². The molecule has 4 heteroatoms. The van der Waals surface area contributed by atoms with Crippen molar-refractivity contribution in [2.24, 2.45) is 0 Å². The Hall–Kier alpha value is -1.91. The van der Waals surface area contributed by atoms with Crippen LogP contribution >= 0.6 is 0 Å². The van der Waals surface area contributed by atoms with Crippen LogP contribution in [0.3, 0.4) is 0 Å². The third-order valence-electron chi connectivity index (χ3n) is 3.50. The molecule has 0 saturated carbocycles. The highest BCUT2D eigenvalue weighted by atomic mass is 16.7. The summed E-state index contributed by atoms with van der Waals surface area (Å²) < 4.78 is 11.7. The van der Waals surface area contributed by atoms with Crippen molar-refractivity contribution in [3.05, 3.63) is 53.6 Å². The van der Waals surface area contributed by atoms with E-state index in [0.717, 1.165) is 6.42 Å². The minimum atomic E-state index is -1.04. The van der Waals surface area contributed by atoms with Gasteiger partial charge in [-0.2, -0.15) is 0 Å². The van der Waals surface area contributed by atoms with Gasteiger partial charge in [-0.15, -0.1) is 0 Å². The van der Waals surface area contributed by atoms with Gasteiger partial charge in [0, 0.05) is 5.56 Å². The van der Waals surface area contributed by atoms with E-state index < -0.39 is 5.79 Å². The van der Waals surface area contributed by atoms with Crippen molar-refractivity contribution in [3.8, 4) is 0 Å². The Morgan fingerprint density at radius 1 is 1.30 bits per heavy atom. The Kier molecular flexibility index (Phi) is 5.74. The number of hydrogen-bond acceptors (Lipinski definition) is 4. The highest BCUT2D eigenvalue weighted by Gasteiger charge is 2.38. The summed E-state index contributed by atoms with van der Waals surface area (Å²) in [6, 6.07) is 9.03. The predicted molar refractivity (Wildman–Crippen MR) is 89.9 cm³/mol. The molecule has 2 rings (SSSR count). The number of aliphatic hydroxyl groups excluding tert-OH is 1. The van der Waals surface area contributed by atoms with Gasteiger partial charge in [-0.05, 0) is 32.4 Å². The maximum Gasteiger partial charge on any atom is 0.195 e. The van der Waals surface area contributed by atoms with Crippen LogP contribution in [0.25, 0.3) is 5.76 Å². The topological polar surface area (TPSA) is 55.8 Å². The zero-order chi connectivity index (χ0) is 16.9. The highest BCUT2D eigenvalue weighted by molar-refractivity contribution is 6.05. The molecule has 0 heterocycles. The molecule has 0 amide bonds. The predicted octanol–water partition coefficient (Wildman–Crippen LogP) is 4.03. The number of Topliss-reactive ketones (excluding diaryl/α,β-unsaturated/α-hetero) is 1. The second-order valence-electron chi connectivity index (χ2n) is 5.89. The number of benzene rings is 1. The van der Waals surface area contributed by atoms with Crippen molar-refractivity contribution in [3.63, 3.8) is 0 Å². The van der Waals surface area contributed by atoms with E-state index in [2.05, 4.69) is 0 Å². The van der Waals surface area contributed by atoms with Crippen molar-refractivity contribution >= 4 is 11.5 Å². The van der Waals surface area contributed by atoms with Gasteiger partial charge in [-0.25, -0.2) is 0 Å². The first-order valence-corrected chi connectivity index (χ1v) is 8.00. The van der Waals surface area contributed by atoms with Crippen molar-refractivity contribution in [2.75, 3.05) is 6.61 Å². The Morgan fingerprint density at radius 2 is 2.00 bits per heavy atom. The molecule has 4 nitrogen and oxygen atoms in total. The summed E-state index contributed by atoms with van der Waals surface area (Å²) in [6.45, 7) is 6.32. The fourth-order valence-electron chi connectivity index (χ4n) is 2.53. The lowest BCUT2D eigenvalue weighted by molar-refractivity contribution is -0.224. The number of aliphatic hydroxyl groups is 1. The van der Waals surface area contributed by atoms with Gasteiger partial charge in [0.05, 0.1) is 24.7 Å². The fraction of sp³-hybridized carbons (Fsp3) is 0.421. The lowest BCUT2D eigenvalue weighted by Crippen LogP contribution is -2.41. The second kappa shape index (κ2) is 7.57. The largest absolute Gasteiger partial charge is 0.507 e. The van der Waals surface area contributed by atoms with E-state index in [1.807, 2.05) is 39.0 Å². The van der Waals surface area contributed by atoms with Crippen LogP contribution in [-0.2, 0) is 14.3 Å². The minimum Gasteiger partial charge on any atom is -0.507 e. The van der Waals surface area contributed by atoms with Crippen LogP contribution in [0.5, 0.6) is 0 Å². The van der Waals surface area contributed by atoms with Crippen LogP contribution < -0.4 is 0 Å². The van der Waals surface area contributed by atoms with Gasteiger partial charge in [0.1, 0.15) is 5.76 Å². The molecule has 0 aliphatic heterocycles. The molecule has 1 aromatic rings. The number of carbonyl (C=O) groups excluding carboxylic acids is 1. The first-order chi connectivity index (χ1) is 11.0. The lowest BCUT2D eigenvalue weighted by atomic mass is 9.92. The first-order valence-electron chi connectivity index (χ1n) is 8.00. The van der Waals surface area contributed by atoms with Gasteiger partial charge < -0.3 is 14.6 Å². The molecule has 0 radical (unpaired) electrons. The van der Waals surface area contributed by atoms with Crippen molar-refractivity contribution in [1.29, 1.82) is 0 Å². The Labute approximate surface area is 137 Å². The molecular formula is C19H24O4. The summed E-state index contributed by atoms with van der Waals surface area (Å²) in [4.78, 5) is 12.5. The summed E-state index contributed by atoms with van der Waals surface area (Å²) in [6.07, 6.45) is 4.17. The average Bonchev–Trinajstić information content (AvgIpc) is 2.53. The van der Waals surface area contributed by atoms with Gasteiger partial charge in [0.2, 0.25) is 0 Å². The summed E-state index contributed by atoms with van der Waals surface area (Å²) in [5.41, 5.74) is 0.909. The Balaban J connectivity index is 2.33. The quantitative estimate of drug-likeness (QED) is 0.489. The number of ketones is 1. The second-order valence-corrected chi connectivity index (χ2v) is 5.89. The average molecular weight is 316 g/mol. The van der Waals surface area contributed by atoms with Gasteiger partial charge in [-0.1, -0.05) is 37.3 Å². The van der Waals surface area contributed by atoms with E-state index in [4.69, 9.17) is 9.47 Å². The molecule has 0 bridgehead atoms. The molecule has 0 fully saturated rings. The maximum atomic E-state index is 12.5. The van der Waals surface area contributed by atoms with Crippen LogP contribution in [0.2, 0.25) is 0 Å². The van der Waals surface area contributed by atoms with Gasteiger partial charge in [-0.3, -0.25) is 4.79 Å².